The molecule has 1 aliphatic rings. The van der Waals surface area contributed by atoms with Gasteiger partial charge in [-0.1, -0.05) is 0 Å². The molecule has 2 unspecified atom stereocenters. The number of likely N-dealkylation sites (tertiary alicyclic amines) is 1. The van der Waals surface area contributed by atoms with Crippen LogP contribution in [0.2, 0.25) is 0 Å². The fraction of sp³-hybridized carbons (Fsp3) is 0.692. The highest BCUT2D eigenvalue weighted by Crippen LogP contribution is 2.31. The van der Waals surface area contributed by atoms with E-state index in [2.05, 4.69) is 4.98 Å². The molecule has 2 rings (SSSR count). The van der Waals surface area contributed by atoms with Crippen LogP contribution in [-0.2, 0) is 4.74 Å². The number of thiazole rings is 1. The summed E-state index contributed by atoms with van der Waals surface area (Å²) >= 11 is 1.44. The Hall–Kier alpha value is -1.14. The van der Waals surface area contributed by atoms with E-state index < -0.39 is 11.7 Å². The first-order valence-corrected chi connectivity index (χ1v) is 7.30. The third-order valence-corrected chi connectivity index (χ3v) is 3.87. The van der Waals surface area contributed by atoms with Crippen LogP contribution in [0.1, 0.15) is 38.3 Å². The molecule has 1 aromatic heterocycles. The Balaban J connectivity index is 1.91. The van der Waals surface area contributed by atoms with Crippen LogP contribution in [0.3, 0.4) is 0 Å². The monoisotopic (exact) mass is 284 g/mol. The van der Waals surface area contributed by atoms with Gasteiger partial charge in [-0.3, -0.25) is 0 Å². The topological polar surface area (TPSA) is 62.7 Å². The van der Waals surface area contributed by atoms with Crippen LogP contribution >= 0.6 is 11.3 Å². The van der Waals surface area contributed by atoms with Crippen LogP contribution in [0.4, 0.5) is 4.79 Å². The minimum absolute atomic E-state index is 0.0404. The minimum Gasteiger partial charge on any atom is -0.444 e. The van der Waals surface area contributed by atoms with Gasteiger partial charge in [0.1, 0.15) is 16.7 Å². The van der Waals surface area contributed by atoms with Gasteiger partial charge >= 0.3 is 6.09 Å². The number of carbonyl (C=O) groups excluding carboxylic acids is 1. The molecule has 106 valence electrons. The van der Waals surface area contributed by atoms with Gasteiger partial charge in [-0.15, -0.1) is 11.3 Å². The molecule has 6 heteroatoms. The van der Waals surface area contributed by atoms with Gasteiger partial charge in [0.05, 0.1) is 0 Å². The van der Waals surface area contributed by atoms with E-state index in [0.717, 1.165) is 11.4 Å². The van der Waals surface area contributed by atoms with E-state index in [4.69, 9.17) is 4.74 Å². The Bertz CT molecular complexity index is 428. The molecule has 0 saturated carbocycles. The van der Waals surface area contributed by atoms with Gasteiger partial charge in [-0.05, 0) is 27.2 Å². The maximum atomic E-state index is 11.9. The summed E-state index contributed by atoms with van der Waals surface area (Å²) < 4.78 is 5.33. The Morgan fingerprint density at radius 3 is 2.95 bits per heavy atom. The summed E-state index contributed by atoms with van der Waals surface area (Å²) in [6, 6.07) is 0. The Morgan fingerprint density at radius 2 is 2.37 bits per heavy atom. The fourth-order valence-corrected chi connectivity index (χ4v) is 2.83. The summed E-state index contributed by atoms with van der Waals surface area (Å²) in [7, 11) is 0. The van der Waals surface area contributed by atoms with E-state index in [0.29, 0.717) is 13.1 Å². The van der Waals surface area contributed by atoms with Crippen LogP contribution in [0.25, 0.3) is 0 Å². The van der Waals surface area contributed by atoms with Crippen molar-refractivity contribution in [1.29, 1.82) is 0 Å². The summed E-state index contributed by atoms with van der Waals surface area (Å²) in [5.74, 6) is 0.0404. The number of hydrogen-bond acceptors (Lipinski definition) is 5. The summed E-state index contributed by atoms with van der Waals surface area (Å²) in [4.78, 5) is 17.7. The van der Waals surface area contributed by atoms with Crippen molar-refractivity contribution in [2.24, 2.45) is 5.92 Å². The number of aliphatic hydroxyl groups excluding tert-OH is 1. The van der Waals surface area contributed by atoms with Crippen LogP contribution in [0.15, 0.2) is 11.6 Å². The van der Waals surface area contributed by atoms with Crippen molar-refractivity contribution in [2.75, 3.05) is 13.1 Å². The molecule has 1 saturated heterocycles. The molecule has 0 radical (unpaired) electrons. The maximum Gasteiger partial charge on any atom is 0.410 e. The molecular formula is C13H20N2O3S. The second kappa shape index (κ2) is 5.46. The normalized spacial score (nSPS) is 21.5. The second-order valence-corrected chi connectivity index (χ2v) is 6.72. The zero-order valence-electron chi connectivity index (χ0n) is 11.5. The van der Waals surface area contributed by atoms with Gasteiger partial charge in [0.15, 0.2) is 0 Å². The second-order valence-electron chi connectivity index (χ2n) is 5.79. The third-order valence-electron chi connectivity index (χ3n) is 3.03. The molecule has 1 fully saturated rings. The Morgan fingerprint density at radius 1 is 1.63 bits per heavy atom. The molecule has 1 aromatic rings. The van der Waals surface area contributed by atoms with E-state index >= 15 is 0 Å². The van der Waals surface area contributed by atoms with Gasteiger partial charge in [-0.2, -0.15) is 0 Å². The van der Waals surface area contributed by atoms with E-state index in [1.54, 1.807) is 11.1 Å². The van der Waals surface area contributed by atoms with E-state index in [1.165, 1.54) is 11.3 Å². The van der Waals surface area contributed by atoms with Gasteiger partial charge in [0.25, 0.3) is 0 Å². The van der Waals surface area contributed by atoms with Crippen LogP contribution in [0, 0.1) is 5.92 Å². The summed E-state index contributed by atoms with van der Waals surface area (Å²) in [5.41, 5.74) is -0.483. The van der Waals surface area contributed by atoms with Crippen molar-refractivity contribution in [3.05, 3.63) is 16.6 Å². The van der Waals surface area contributed by atoms with Gasteiger partial charge in [-0.25, -0.2) is 9.78 Å². The Labute approximate surface area is 117 Å². The lowest BCUT2D eigenvalue weighted by Crippen LogP contribution is -2.35. The minimum atomic E-state index is -0.590. The summed E-state index contributed by atoms with van der Waals surface area (Å²) in [6.07, 6.45) is 1.57. The first-order chi connectivity index (χ1) is 8.87. The number of carbonyl (C=O) groups is 1. The van der Waals surface area contributed by atoms with Crippen LogP contribution in [-0.4, -0.2) is 39.8 Å². The number of rotatable bonds is 2. The number of nitrogens with zero attached hydrogens (tertiary/aromatic N) is 2. The highest BCUT2D eigenvalue weighted by molar-refractivity contribution is 7.09. The van der Waals surface area contributed by atoms with E-state index in [1.807, 2.05) is 26.2 Å². The van der Waals surface area contributed by atoms with Crippen molar-refractivity contribution >= 4 is 17.4 Å². The SMILES string of the molecule is CC(C)(C)OC(=O)N1CCC(C(O)c2nccs2)C1. The van der Waals surface area contributed by atoms with Gasteiger partial charge in [0, 0.05) is 30.6 Å². The zero-order valence-corrected chi connectivity index (χ0v) is 12.3. The molecule has 2 atom stereocenters. The molecule has 2 heterocycles. The van der Waals surface area contributed by atoms with Gasteiger partial charge in [0.2, 0.25) is 0 Å². The lowest BCUT2D eigenvalue weighted by molar-refractivity contribution is 0.0268. The first kappa shape index (κ1) is 14.3. The molecule has 5 nitrogen and oxygen atoms in total. The number of aliphatic hydroxyl groups is 1. The van der Waals surface area contributed by atoms with Crippen molar-refractivity contribution in [3.8, 4) is 0 Å². The zero-order chi connectivity index (χ0) is 14.0. The number of ether oxygens (including phenoxy) is 1. The van der Waals surface area contributed by atoms with Crippen molar-refractivity contribution in [2.45, 2.75) is 38.9 Å². The molecule has 0 bridgehead atoms. The molecule has 0 spiro atoms. The highest BCUT2D eigenvalue weighted by atomic mass is 32.1. The quantitative estimate of drug-likeness (QED) is 0.906. The molecule has 0 aromatic carbocycles. The van der Waals surface area contributed by atoms with Crippen molar-refractivity contribution in [3.63, 3.8) is 0 Å². The summed E-state index contributed by atoms with van der Waals surface area (Å²) in [5, 5.41) is 12.8. The lowest BCUT2D eigenvalue weighted by atomic mass is 10.0. The predicted octanol–water partition coefficient (Wildman–Crippen LogP) is 2.43. The van der Waals surface area contributed by atoms with Crippen LogP contribution < -0.4 is 0 Å². The summed E-state index contributed by atoms with van der Waals surface area (Å²) in [6.45, 7) is 6.70. The van der Waals surface area contributed by atoms with Crippen LogP contribution in [0.5, 0.6) is 0 Å². The maximum absolute atomic E-state index is 11.9. The lowest BCUT2D eigenvalue weighted by Gasteiger charge is -2.24. The Kier molecular flexibility index (Phi) is 4.10. The van der Waals surface area contributed by atoms with Gasteiger partial charge < -0.3 is 14.7 Å². The van der Waals surface area contributed by atoms with E-state index in [-0.39, 0.29) is 12.0 Å². The smallest absolute Gasteiger partial charge is 0.410 e. The average molecular weight is 284 g/mol. The van der Waals surface area contributed by atoms with E-state index in [9.17, 15) is 9.90 Å². The van der Waals surface area contributed by atoms with Crippen molar-refractivity contribution < 1.29 is 14.6 Å². The standard InChI is InChI=1S/C13H20N2O3S/c1-13(2,3)18-12(17)15-6-4-9(8-15)10(16)11-14-5-7-19-11/h5,7,9-10,16H,4,6,8H2,1-3H3. The predicted molar refractivity (Wildman–Crippen MR) is 73.0 cm³/mol. The molecule has 1 N–H and O–H groups in total. The number of amides is 1. The first-order valence-electron chi connectivity index (χ1n) is 6.42. The molecule has 0 aliphatic carbocycles. The fourth-order valence-electron chi connectivity index (χ4n) is 2.12. The molecular weight excluding hydrogens is 264 g/mol. The number of aromatic nitrogens is 1. The largest absolute Gasteiger partial charge is 0.444 e. The average Bonchev–Trinajstić information content (AvgIpc) is 2.98. The van der Waals surface area contributed by atoms with Crippen molar-refractivity contribution in [1.82, 2.24) is 9.88 Å². The highest BCUT2D eigenvalue weighted by Gasteiger charge is 2.34. The molecule has 1 amide bonds. The number of hydrogen-bond donors (Lipinski definition) is 1. The molecule has 1 aliphatic heterocycles. The molecule has 19 heavy (non-hydrogen) atoms. The third kappa shape index (κ3) is 3.67.